The van der Waals surface area contributed by atoms with E-state index in [1.165, 1.54) is 4.90 Å². The summed E-state index contributed by atoms with van der Waals surface area (Å²) in [6.07, 6.45) is -1.08. The van der Waals surface area contributed by atoms with Gasteiger partial charge in [0.25, 0.3) is 5.91 Å². The highest BCUT2D eigenvalue weighted by molar-refractivity contribution is 7.80. The summed E-state index contributed by atoms with van der Waals surface area (Å²) in [5.74, 6) is -0.346. The molecular weight excluding hydrogens is 513 g/mol. The summed E-state index contributed by atoms with van der Waals surface area (Å²) in [5, 5.41) is 16.6. The third kappa shape index (κ3) is 4.72. The molecule has 1 atom stereocenters. The molecule has 1 aliphatic heterocycles. The number of nitrogens with one attached hydrogen (secondary N) is 2. The Balaban J connectivity index is 1.75. The van der Waals surface area contributed by atoms with E-state index in [2.05, 4.69) is 10.6 Å². The average Bonchev–Trinajstić information content (AvgIpc) is 2.90. The molecular formula is C24H16Cl3N5OS. The summed E-state index contributed by atoms with van der Waals surface area (Å²) in [7, 11) is 1.65. The molecule has 3 aromatic carbocycles. The fourth-order valence-electron chi connectivity index (χ4n) is 3.53. The smallest absolute Gasteiger partial charge is 0.272 e. The van der Waals surface area contributed by atoms with E-state index < -0.39 is 6.17 Å². The first-order valence-electron chi connectivity index (χ1n) is 9.96. The summed E-state index contributed by atoms with van der Waals surface area (Å²) in [6, 6.07) is 19.4. The number of hydrogen-bond donors (Lipinski definition) is 2. The van der Waals surface area contributed by atoms with Crippen molar-refractivity contribution in [3.05, 3.63) is 92.4 Å². The zero-order valence-corrected chi connectivity index (χ0v) is 20.7. The third-order valence-electron chi connectivity index (χ3n) is 5.17. The van der Waals surface area contributed by atoms with Crippen molar-refractivity contribution in [3.63, 3.8) is 0 Å². The van der Waals surface area contributed by atoms with E-state index in [1.54, 1.807) is 49.5 Å². The van der Waals surface area contributed by atoms with Crippen LogP contribution in [0.3, 0.4) is 0 Å². The van der Waals surface area contributed by atoms with E-state index in [0.29, 0.717) is 38.3 Å². The van der Waals surface area contributed by atoms with Gasteiger partial charge in [-0.1, -0.05) is 59.1 Å². The Hall–Kier alpha value is -3.15. The molecule has 1 heterocycles. The second-order valence-corrected chi connectivity index (χ2v) is 8.95. The number of carbonyl (C=O) groups is 1. The van der Waals surface area contributed by atoms with Crippen LogP contribution in [0.5, 0.6) is 0 Å². The molecule has 0 saturated heterocycles. The van der Waals surface area contributed by atoms with Crippen molar-refractivity contribution in [1.82, 2.24) is 5.32 Å². The number of nitrogens with zero attached hydrogens (tertiary/aromatic N) is 3. The van der Waals surface area contributed by atoms with Crippen LogP contribution >= 0.6 is 47.0 Å². The first kappa shape index (κ1) is 24.0. The number of amides is 1. The zero-order valence-electron chi connectivity index (χ0n) is 17.6. The first-order valence-corrected chi connectivity index (χ1v) is 11.5. The van der Waals surface area contributed by atoms with Gasteiger partial charge in [-0.05, 0) is 48.6 Å². The Morgan fingerprint density at radius 2 is 1.79 bits per heavy atom. The highest BCUT2D eigenvalue weighted by Gasteiger charge is 2.31. The number of anilines is 2. The lowest BCUT2D eigenvalue weighted by Gasteiger charge is -2.22. The van der Waals surface area contributed by atoms with Gasteiger partial charge in [0.15, 0.2) is 5.11 Å². The minimum Gasteiger partial charge on any atom is -0.333 e. The number of halogens is 3. The number of carbonyl (C=O) groups excluding carboxylic acids is 1. The molecule has 1 unspecified atom stereocenters. The fraction of sp³-hybridized carbons (Fsp3) is 0.0833. The van der Waals surface area contributed by atoms with Gasteiger partial charge in [-0.25, -0.2) is 4.99 Å². The molecule has 0 aliphatic carbocycles. The molecule has 0 saturated carbocycles. The lowest BCUT2D eigenvalue weighted by Crippen LogP contribution is -2.47. The van der Waals surface area contributed by atoms with Crippen LogP contribution in [0, 0.1) is 11.3 Å². The molecule has 0 spiro atoms. The third-order valence-corrected chi connectivity index (χ3v) is 6.27. The Bertz CT molecular complexity index is 1390. The lowest BCUT2D eigenvalue weighted by atomic mass is 10.00. The van der Waals surface area contributed by atoms with Crippen molar-refractivity contribution in [1.29, 1.82) is 5.26 Å². The van der Waals surface area contributed by atoms with E-state index in [4.69, 9.17) is 52.0 Å². The van der Waals surface area contributed by atoms with E-state index in [-0.39, 0.29) is 21.6 Å². The minimum absolute atomic E-state index is 0.0942. The molecule has 4 rings (SSSR count). The number of rotatable bonds is 3. The van der Waals surface area contributed by atoms with Crippen molar-refractivity contribution in [2.75, 3.05) is 17.3 Å². The maximum atomic E-state index is 13.3. The Labute approximate surface area is 216 Å². The molecule has 34 heavy (non-hydrogen) atoms. The number of likely N-dealkylation sites (N-methyl/N-ethyl adjacent to an activating group) is 1. The maximum Gasteiger partial charge on any atom is 0.272 e. The summed E-state index contributed by atoms with van der Waals surface area (Å²) in [5.41, 5.74) is 3.05. The molecule has 3 aromatic rings. The van der Waals surface area contributed by atoms with Gasteiger partial charge in [-0.2, -0.15) is 5.26 Å². The number of benzodiazepines with no additional fused rings is 1. The summed E-state index contributed by atoms with van der Waals surface area (Å²) in [6.45, 7) is 0. The van der Waals surface area contributed by atoms with E-state index in [0.717, 1.165) is 0 Å². The zero-order chi connectivity index (χ0) is 24.4. The normalized spacial score (nSPS) is 15.0. The van der Waals surface area contributed by atoms with Crippen molar-refractivity contribution in [3.8, 4) is 6.07 Å². The van der Waals surface area contributed by atoms with Crippen LogP contribution in [-0.2, 0) is 4.79 Å². The Morgan fingerprint density at radius 3 is 2.53 bits per heavy atom. The van der Waals surface area contributed by atoms with Crippen LogP contribution < -0.4 is 15.5 Å². The van der Waals surface area contributed by atoms with Crippen LogP contribution in [-0.4, -0.2) is 29.9 Å². The number of aliphatic imine (C=N–C) groups is 1. The number of benzene rings is 3. The van der Waals surface area contributed by atoms with Crippen LogP contribution in [0.25, 0.3) is 0 Å². The molecule has 0 fully saturated rings. The SMILES string of the molecule is CN1C(=O)C(NC(=S)Nc2cccc(Cl)c2C#N)N=C(c2ccccc2Cl)c2cc(Cl)ccc21. The van der Waals surface area contributed by atoms with Crippen molar-refractivity contribution >= 4 is 75.1 Å². The highest BCUT2D eigenvalue weighted by atomic mass is 35.5. The van der Waals surface area contributed by atoms with Crippen LogP contribution in [0.1, 0.15) is 16.7 Å². The lowest BCUT2D eigenvalue weighted by molar-refractivity contribution is -0.119. The number of nitriles is 1. The largest absolute Gasteiger partial charge is 0.333 e. The van der Waals surface area contributed by atoms with Gasteiger partial charge in [-0.15, -0.1) is 0 Å². The Morgan fingerprint density at radius 1 is 1.06 bits per heavy atom. The van der Waals surface area contributed by atoms with Crippen molar-refractivity contribution in [2.24, 2.45) is 4.99 Å². The van der Waals surface area contributed by atoms with Gasteiger partial charge < -0.3 is 15.5 Å². The van der Waals surface area contributed by atoms with Gasteiger partial charge in [0.05, 0.1) is 27.7 Å². The molecule has 0 aromatic heterocycles. The van der Waals surface area contributed by atoms with Gasteiger partial charge in [0.2, 0.25) is 6.17 Å². The van der Waals surface area contributed by atoms with Gasteiger partial charge in [0.1, 0.15) is 6.07 Å². The minimum atomic E-state index is -1.08. The molecule has 2 N–H and O–H groups in total. The van der Waals surface area contributed by atoms with Gasteiger partial charge in [-0.3, -0.25) is 4.79 Å². The Kier molecular flexibility index (Phi) is 7.05. The van der Waals surface area contributed by atoms with Crippen molar-refractivity contribution < 1.29 is 4.79 Å². The summed E-state index contributed by atoms with van der Waals surface area (Å²) < 4.78 is 0. The number of hydrogen-bond acceptors (Lipinski definition) is 4. The fourth-order valence-corrected chi connectivity index (χ4v) is 4.37. The predicted octanol–water partition coefficient (Wildman–Crippen LogP) is 5.64. The number of thiocarbonyl (C=S) groups is 1. The van der Waals surface area contributed by atoms with E-state index >= 15 is 0 Å². The van der Waals surface area contributed by atoms with Crippen molar-refractivity contribution in [2.45, 2.75) is 6.17 Å². The second kappa shape index (κ2) is 10.00. The number of fused-ring (bicyclic) bond motifs is 1. The van der Waals surface area contributed by atoms with Crippen LogP contribution in [0.2, 0.25) is 15.1 Å². The van der Waals surface area contributed by atoms with Crippen LogP contribution in [0.15, 0.2) is 65.7 Å². The molecule has 1 aliphatic rings. The van der Waals surface area contributed by atoms with E-state index in [1.807, 2.05) is 24.3 Å². The van der Waals surface area contributed by atoms with Gasteiger partial charge >= 0.3 is 0 Å². The quantitative estimate of drug-likeness (QED) is 0.430. The molecule has 0 bridgehead atoms. The topological polar surface area (TPSA) is 80.5 Å². The maximum absolute atomic E-state index is 13.3. The van der Waals surface area contributed by atoms with Gasteiger partial charge in [0, 0.05) is 28.2 Å². The molecule has 6 nitrogen and oxygen atoms in total. The predicted molar refractivity (Wildman–Crippen MR) is 141 cm³/mol. The molecule has 170 valence electrons. The highest BCUT2D eigenvalue weighted by Crippen LogP contribution is 2.32. The first-order chi connectivity index (χ1) is 16.3. The average molecular weight is 529 g/mol. The summed E-state index contributed by atoms with van der Waals surface area (Å²) >= 11 is 24.3. The molecule has 1 amide bonds. The van der Waals surface area contributed by atoms with E-state index in [9.17, 15) is 10.1 Å². The standard InChI is InChI=1S/C24H16Cl3N5OS/c1-32-20-10-9-13(25)11-15(20)21(14-5-2-3-6-17(14)26)30-22(23(32)33)31-24(34)29-19-8-4-7-18(27)16(19)12-28/h2-11,22H,1H3,(H2,29,31,34). The molecule has 10 heteroatoms. The molecule has 0 radical (unpaired) electrons. The summed E-state index contributed by atoms with van der Waals surface area (Å²) in [4.78, 5) is 19.5. The second-order valence-electron chi connectivity index (χ2n) is 7.29. The van der Waals surface area contributed by atoms with Crippen LogP contribution in [0.4, 0.5) is 11.4 Å². The monoisotopic (exact) mass is 527 g/mol.